The van der Waals surface area contributed by atoms with Crippen LogP contribution >= 0.6 is 23.5 Å². The second kappa shape index (κ2) is 18.5. The fourth-order valence-electron chi connectivity index (χ4n) is 9.25. The van der Waals surface area contributed by atoms with Crippen molar-refractivity contribution in [3.05, 3.63) is 117 Å². The Balaban J connectivity index is 0.913. The molecule has 62 heavy (non-hydrogen) atoms. The number of carbonyl (C=O) groups excluding carboxylic acids is 1. The molecule has 1 amide bonds. The Labute approximate surface area is 370 Å². The molecule has 1 saturated carbocycles. The van der Waals surface area contributed by atoms with Gasteiger partial charge in [0.25, 0.3) is 11.6 Å². The molecule has 322 valence electrons. The zero-order valence-corrected chi connectivity index (χ0v) is 36.2. The lowest BCUT2D eigenvalue weighted by molar-refractivity contribution is -0.384. The van der Waals surface area contributed by atoms with Crippen LogP contribution in [0.5, 0.6) is 11.5 Å². The topological polar surface area (TPSA) is 164 Å². The molecule has 2 aliphatic heterocycles. The van der Waals surface area contributed by atoms with Gasteiger partial charge in [0.2, 0.25) is 0 Å². The normalized spacial score (nSPS) is 18.4. The number of allylic oxidation sites excluding steroid dienone is 1. The van der Waals surface area contributed by atoms with Gasteiger partial charge in [0.05, 0.1) is 16.7 Å². The maximum atomic E-state index is 14.0. The molecule has 2 saturated heterocycles. The molecule has 0 atom stereocenters. The lowest BCUT2D eigenvalue weighted by Gasteiger charge is -2.47. The number of aliphatic imine (C=N–C) groups is 1. The van der Waals surface area contributed by atoms with Crippen molar-refractivity contribution in [3.63, 3.8) is 0 Å². The van der Waals surface area contributed by atoms with Gasteiger partial charge in [0.1, 0.15) is 22.8 Å². The van der Waals surface area contributed by atoms with Crippen molar-refractivity contribution in [2.45, 2.75) is 56.3 Å². The van der Waals surface area contributed by atoms with Gasteiger partial charge in [0, 0.05) is 104 Å². The molecule has 1 spiro atoms. The number of nitrogens with two attached hydrogens (primary N) is 1. The Bertz CT molecular complexity index is 2510. The molecule has 4 aliphatic rings. The molecule has 4 heterocycles. The summed E-state index contributed by atoms with van der Waals surface area (Å²) in [5.74, 6) is 0.821. The van der Waals surface area contributed by atoms with Crippen LogP contribution in [0, 0.1) is 21.4 Å². The minimum absolute atomic E-state index is 0.0251. The van der Waals surface area contributed by atoms with Crippen molar-refractivity contribution in [1.82, 2.24) is 19.6 Å². The number of piperazine rings is 1. The number of amides is 1. The van der Waals surface area contributed by atoms with Gasteiger partial charge < -0.3 is 25.1 Å². The van der Waals surface area contributed by atoms with Gasteiger partial charge >= 0.3 is 0 Å². The third kappa shape index (κ3) is 9.48. The lowest BCUT2D eigenvalue weighted by atomic mass is 9.59. The summed E-state index contributed by atoms with van der Waals surface area (Å²) in [4.78, 5) is 43.0. The molecule has 5 aromatic rings. The summed E-state index contributed by atoms with van der Waals surface area (Å²) >= 11 is 7.27. The predicted molar refractivity (Wildman–Crippen MR) is 247 cm³/mol. The minimum Gasteiger partial charge on any atom is -0.455 e. The number of anilines is 2. The number of nitrogen functional groups attached to an aromatic ring is 1. The maximum Gasteiger partial charge on any atom is 0.293 e. The Hall–Kier alpha value is -5.41. The van der Waals surface area contributed by atoms with E-state index in [2.05, 4.69) is 41.6 Å². The highest BCUT2D eigenvalue weighted by atomic mass is 35.5. The molecule has 3 aromatic carbocycles. The molecule has 13 nitrogen and oxygen atoms in total. The van der Waals surface area contributed by atoms with E-state index in [4.69, 9.17) is 26.8 Å². The molecule has 9 rings (SSSR count). The third-order valence-electron chi connectivity index (χ3n) is 13.1. The number of ether oxygens (including phenoxy) is 2. The number of aromatic nitrogens is 2. The van der Waals surface area contributed by atoms with Crippen molar-refractivity contribution in [1.29, 1.82) is 0 Å². The van der Waals surface area contributed by atoms with Crippen LogP contribution in [0.3, 0.4) is 0 Å². The number of pyridine rings is 1. The van der Waals surface area contributed by atoms with Crippen LogP contribution in [-0.2, 0) is 4.74 Å². The van der Waals surface area contributed by atoms with Crippen LogP contribution in [0.15, 0.2) is 94.6 Å². The van der Waals surface area contributed by atoms with Crippen LogP contribution in [0.2, 0.25) is 5.02 Å². The van der Waals surface area contributed by atoms with E-state index in [1.165, 1.54) is 42.9 Å². The first kappa shape index (κ1) is 41.9. The first-order valence-electron chi connectivity index (χ1n) is 21.5. The number of hydrogen-bond acceptors (Lipinski definition) is 11. The van der Waals surface area contributed by atoms with E-state index >= 15 is 0 Å². The summed E-state index contributed by atoms with van der Waals surface area (Å²) in [6.45, 7) is 6.41. The zero-order valence-electron chi connectivity index (χ0n) is 34.6. The van der Waals surface area contributed by atoms with Crippen LogP contribution < -0.4 is 20.1 Å². The van der Waals surface area contributed by atoms with Gasteiger partial charge in [-0.3, -0.25) is 29.5 Å². The van der Waals surface area contributed by atoms with Crippen LogP contribution in [0.4, 0.5) is 17.1 Å². The molecular formula is C47H51ClN8O5S. The SMILES string of the molecule is Nc1c(C=NCC2CCOCC2)cc(SNC(=O)c2ccc(N3CCN(CC4=C(c5ccc(Cl)cc5)CC5(CCC5)CC4)CC3)cc2Oc2cnc3[nH]ccc3c2)cc1[N+](=O)[O-]. The molecule has 15 heteroatoms. The summed E-state index contributed by atoms with van der Waals surface area (Å²) in [5, 5.41) is 13.6. The number of halogens is 1. The predicted octanol–water partition coefficient (Wildman–Crippen LogP) is 9.71. The highest BCUT2D eigenvalue weighted by Crippen LogP contribution is 2.55. The Morgan fingerprint density at radius 1 is 1.08 bits per heavy atom. The molecular weight excluding hydrogens is 824 g/mol. The number of nitro groups is 1. The van der Waals surface area contributed by atoms with Crippen LogP contribution in [0.1, 0.15) is 72.9 Å². The largest absolute Gasteiger partial charge is 0.455 e. The first-order valence-corrected chi connectivity index (χ1v) is 22.7. The molecule has 0 radical (unpaired) electrons. The van der Waals surface area contributed by atoms with E-state index in [9.17, 15) is 14.9 Å². The molecule has 2 aromatic heterocycles. The number of nitrogens with zero attached hydrogens (tertiary/aromatic N) is 5. The summed E-state index contributed by atoms with van der Waals surface area (Å²) in [5.41, 5.74) is 13.3. The van der Waals surface area contributed by atoms with Gasteiger partial charge in [-0.15, -0.1) is 0 Å². The molecule has 2 aliphatic carbocycles. The summed E-state index contributed by atoms with van der Waals surface area (Å²) in [7, 11) is 0. The second-order valence-electron chi connectivity index (χ2n) is 17.0. The first-order chi connectivity index (χ1) is 30.2. The van der Waals surface area contributed by atoms with Crippen molar-refractivity contribution < 1.29 is 19.2 Å². The number of fused-ring (bicyclic) bond motifs is 1. The Morgan fingerprint density at radius 2 is 1.89 bits per heavy atom. The van der Waals surface area contributed by atoms with E-state index in [1.807, 2.05) is 42.6 Å². The number of nitrogens with one attached hydrogen (secondary N) is 2. The fourth-order valence-corrected chi connectivity index (χ4v) is 10.0. The van der Waals surface area contributed by atoms with Gasteiger partial charge in [-0.25, -0.2) is 4.98 Å². The lowest BCUT2D eigenvalue weighted by Crippen LogP contribution is -2.47. The van der Waals surface area contributed by atoms with Gasteiger partial charge in [-0.1, -0.05) is 35.7 Å². The smallest absolute Gasteiger partial charge is 0.293 e. The van der Waals surface area contributed by atoms with Crippen molar-refractivity contribution in [2.75, 3.05) is 63.1 Å². The molecule has 4 N–H and O–H groups in total. The molecule has 0 unspecified atom stereocenters. The van der Waals surface area contributed by atoms with E-state index < -0.39 is 10.8 Å². The number of benzene rings is 3. The standard InChI is InChI=1S/C47H51ClN8O5S/c48-36-4-2-32(3-5-36)41-26-47(12-1-13-47)14-8-34(41)30-54-16-18-55(19-17-54)37-6-7-40(43(24-37)61-38-22-33-9-15-51-45(33)52-29-38)46(57)53-62-39-23-35(44(49)42(25-39)56(58)59)28-50-27-31-10-20-60-21-11-31/h2-7,9,15,22-25,28-29,31H,1,8,10-14,16-21,26-27,30,49H2,(H,51,52)(H,53,57). The van der Waals surface area contributed by atoms with E-state index in [1.54, 1.807) is 30.1 Å². The third-order valence-corrected chi connectivity index (χ3v) is 14.1. The number of nitro benzene ring substituents is 1. The number of aromatic amines is 1. The Morgan fingerprint density at radius 3 is 2.65 bits per heavy atom. The van der Waals surface area contributed by atoms with Crippen LogP contribution in [0.25, 0.3) is 16.6 Å². The number of hydrogen-bond donors (Lipinski definition) is 3. The number of H-pyrrole nitrogens is 1. The van der Waals surface area contributed by atoms with E-state index in [-0.39, 0.29) is 11.4 Å². The van der Waals surface area contributed by atoms with Gasteiger partial charge in [0.15, 0.2) is 0 Å². The highest BCUT2D eigenvalue weighted by Gasteiger charge is 2.41. The van der Waals surface area contributed by atoms with Crippen molar-refractivity contribution in [3.8, 4) is 11.5 Å². The average molecular weight is 875 g/mol. The fraction of sp³-hybridized carbons (Fsp3) is 0.383. The van der Waals surface area contributed by atoms with Gasteiger partial charge in [-0.2, -0.15) is 0 Å². The van der Waals surface area contributed by atoms with E-state index in [0.29, 0.717) is 58.6 Å². The van der Waals surface area contributed by atoms with Gasteiger partial charge in [-0.05, 0) is 122 Å². The maximum absolute atomic E-state index is 14.0. The van der Waals surface area contributed by atoms with Crippen molar-refractivity contribution >= 4 is 69.3 Å². The van der Waals surface area contributed by atoms with E-state index in [0.717, 1.165) is 92.1 Å². The summed E-state index contributed by atoms with van der Waals surface area (Å²) in [6, 6.07) is 20.9. The number of rotatable bonds is 13. The molecule has 0 bridgehead atoms. The molecule has 3 fully saturated rings. The Kier molecular flexibility index (Phi) is 12.5. The average Bonchev–Trinajstić information content (AvgIpc) is 3.75. The monoisotopic (exact) mass is 874 g/mol. The minimum atomic E-state index is -0.521. The van der Waals surface area contributed by atoms with Crippen molar-refractivity contribution in [2.24, 2.45) is 16.3 Å². The summed E-state index contributed by atoms with van der Waals surface area (Å²) < 4.78 is 14.8. The highest BCUT2D eigenvalue weighted by molar-refractivity contribution is 7.98. The second-order valence-corrected chi connectivity index (χ2v) is 18.4. The number of carbonyl (C=O) groups is 1. The quantitative estimate of drug-likeness (QED) is 0.0341. The van der Waals surface area contributed by atoms with Crippen LogP contribution in [-0.4, -0.2) is 84.4 Å². The summed E-state index contributed by atoms with van der Waals surface area (Å²) in [6.07, 6.45) is 14.5. The zero-order chi connectivity index (χ0) is 42.6.